The van der Waals surface area contributed by atoms with Crippen LogP contribution in [0, 0.1) is 5.92 Å². The Kier molecular flexibility index (Phi) is 3.46. The number of nitrogens with zero attached hydrogens (tertiary/aromatic N) is 1. The van der Waals surface area contributed by atoms with Gasteiger partial charge in [-0.15, -0.1) is 0 Å². The Morgan fingerprint density at radius 1 is 1.28 bits per heavy atom. The molecule has 1 aliphatic heterocycles. The van der Waals surface area contributed by atoms with E-state index in [1.165, 1.54) is 25.0 Å². The number of thioether (sulfide) groups is 1. The van der Waals surface area contributed by atoms with Crippen LogP contribution in [0.4, 0.5) is 5.69 Å². The van der Waals surface area contributed by atoms with Crippen LogP contribution >= 0.6 is 11.8 Å². The van der Waals surface area contributed by atoms with Crippen LogP contribution in [-0.2, 0) is 0 Å². The fourth-order valence-electron chi connectivity index (χ4n) is 2.62. The molecule has 96 valence electrons. The summed E-state index contributed by atoms with van der Waals surface area (Å²) in [5.41, 5.74) is 1.08. The number of hydrogen-bond donors (Lipinski definition) is 1. The van der Waals surface area contributed by atoms with E-state index >= 15 is 0 Å². The molecular formula is C14H18N2OS. The normalized spacial score (nSPS) is 26.4. The van der Waals surface area contributed by atoms with Crippen molar-refractivity contribution >= 4 is 22.6 Å². The van der Waals surface area contributed by atoms with Crippen molar-refractivity contribution < 1.29 is 4.74 Å². The van der Waals surface area contributed by atoms with E-state index in [0.29, 0.717) is 6.04 Å². The molecule has 1 fully saturated rings. The molecule has 0 aromatic heterocycles. The highest BCUT2D eigenvalue weighted by Gasteiger charge is 2.30. The maximum atomic E-state index is 5.15. The lowest BCUT2D eigenvalue weighted by atomic mass is 10.1. The molecule has 4 heteroatoms. The molecule has 2 atom stereocenters. The lowest BCUT2D eigenvalue weighted by Gasteiger charge is -2.23. The van der Waals surface area contributed by atoms with Crippen LogP contribution in [0.2, 0.25) is 0 Å². The fourth-order valence-corrected chi connectivity index (χ4v) is 3.78. The summed E-state index contributed by atoms with van der Waals surface area (Å²) in [6.45, 7) is 0. The third-order valence-corrected chi connectivity index (χ3v) is 4.75. The van der Waals surface area contributed by atoms with Crippen LogP contribution in [0.25, 0.3) is 0 Å². The van der Waals surface area contributed by atoms with E-state index < -0.39 is 0 Å². The third-order valence-electron chi connectivity index (χ3n) is 3.68. The monoisotopic (exact) mass is 262 g/mol. The van der Waals surface area contributed by atoms with Gasteiger partial charge in [0.15, 0.2) is 5.17 Å². The van der Waals surface area contributed by atoms with Gasteiger partial charge in [0.05, 0.1) is 13.2 Å². The van der Waals surface area contributed by atoms with Gasteiger partial charge in [0.2, 0.25) is 0 Å². The number of aliphatic imine (C=N–C) groups is 1. The summed E-state index contributed by atoms with van der Waals surface area (Å²) in [5, 5.41) is 4.47. The van der Waals surface area contributed by atoms with Crippen LogP contribution in [0.3, 0.4) is 0 Å². The Morgan fingerprint density at radius 3 is 2.89 bits per heavy atom. The van der Waals surface area contributed by atoms with Crippen LogP contribution in [0.15, 0.2) is 29.3 Å². The highest BCUT2D eigenvalue weighted by Crippen LogP contribution is 2.35. The molecule has 1 aromatic carbocycles. The van der Waals surface area contributed by atoms with Crippen LogP contribution in [0.5, 0.6) is 5.75 Å². The zero-order valence-corrected chi connectivity index (χ0v) is 11.4. The highest BCUT2D eigenvalue weighted by atomic mass is 32.2. The largest absolute Gasteiger partial charge is 0.497 e. The van der Waals surface area contributed by atoms with Crippen LogP contribution in [-0.4, -0.2) is 24.1 Å². The van der Waals surface area contributed by atoms with Crippen molar-refractivity contribution in [1.29, 1.82) is 0 Å². The zero-order chi connectivity index (χ0) is 12.4. The van der Waals surface area contributed by atoms with Gasteiger partial charge in [0.25, 0.3) is 0 Å². The second-order valence-corrected chi connectivity index (χ2v) is 5.87. The Bertz CT molecular complexity index is 444. The minimum atomic E-state index is 0.562. The van der Waals surface area contributed by atoms with Crippen molar-refractivity contribution in [3.63, 3.8) is 0 Å². The molecule has 2 aliphatic rings. The minimum absolute atomic E-state index is 0.562. The average molecular weight is 262 g/mol. The number of rotatable bonds is 2. The Hall–Kier alpha value is -1.16. The summed E-state index contributed by atoms with van der Waals surface area (Å²) < 4.78 is 5.15. The number of nitrogens with one attached hydrogen (secondary N) is 1. The first kappa shape index (κ1) is 11.9. The molecule has 0 bridgehead atoms. The van der Waals surface area contributed by atoms with E-state index in [2.05, 4.69) is 5.32 Å². The summed E-state index contributed by atoms with van der Waals surface area (Å²) in [4.78, 5) is 4.82. The lowest BCUT2D eigenvalue weighted by Crippen LogP contribution is -2.25. The van der Waals surface area contributed by atoms with E-state index in [9.17, 15) is 0 Å². The molecule has 1 saturated carbocycles. The molecule has 18 heavy (non-hydrogen) atoms. The van der Waals surface area contributed by atoms with Gasteiger partial charge in [0, 0.05) is 11.4 Å². The molecule has 0 amide bonds. The average Bonchev–Trinajstić information content (AvgIpc) is 2.87. The van der Waals surface area contributed by atoms with E-state index in [1.807, 2.05) is 36.0 Å². The first-order valence-electron chi connectivity index (χ1n) is 6.47. The Morgan fingerprint density at radius 2 is 2.11 bits per heavy atom. The number of hydrogen-bond acceptors (Lipinski definition) is 4. The molecule has 3 rings (SSSR count). The van der Waals surface area contributed by atoms with Crippen molar-refractivity contribution in [3.8, 4) is 5.75 Å². The smallest absolute Gasteiger partial charge is 0.161 e. The van der Waals surface area contributed by atoms with Crippen molar-refractivity contribution in [2.75, 3.05) is 18.2 Å². The quantitative estimate of drug-likeness (QED) is 0.887. The number of amidine groups is 1. The lowest BCUT2D eigenvalue weighted by molar-refractivity contribution is 0.415. The zero-order valence-electron chi connectivity index (χ0n) is 10.6. The molecule has 0 radical (unpaired) electrons. The maximum absolute atomic E-state index is 5.15. The molecule has 1 aromatic rings. The van der Waals surface area contributed by atoms with Crippen molar-refractivity contribution in [1.82, 2.24) is 0 Å². The van der Waals surface area contributed by atoms with Gasteiger partial charge < -0.3 is 10.1 Å². The van der Waals surface area contributed by atoms with Crippen LogP contribution in [0.1, 0.15) is 19.3 Å². The summed E-state index contributed by atoms with van der Waals surface area (Å²) in [5.74, 6) is 2.91. The van der Waals surface area contributed by atoms with Crippen molar-refractivity contribution in [2.45, 2.75) is 25.3 Å². The summed E-state index contributed by atoms with van der Waals surface area (Å²) in [7, 11) is 1.68. The molecule has 1 aliphatic carbocycles. The molecule has 1 heterocycles. The van der Waals surface area contributed by atoms with Gasteiger partial charge in [-0.05, 0) is 43.0 Å². The molecular weight excluding hydrogens is 244 g/mol. The van der Waals surface area contributed by atoms with Gasteiger partial charge in [-0.3, -0.25) is 4.99 Å². The Balaban J connectivity index is 1.68. The third kappa shape index (κ3) is 2.48. The number of benzene rings is 1. The number of ether oxygens (including phenoxy) is 1. The summed E-state index contributed by atoms with van der Waals surface area (Å²) >= 11 is 1.85. The van der Waals surface area contributed by atoms with Gasteiger partial charge in [-0.2, -0.15) is 0 Å². The second-order valence-electron chi connectivity index (χ2n) is 4.86. The minimum Gasteiger partial charge on any atom is -0.497 e. The van der Waals surface area contributed by atoms with Crippen molar-refractivity contribution in [3.05, 3.63) is 24.3 Å². The molecule has 3 nitrogen and oxygen atoms in total. The van der Waals surface area contributed by atoms with Gasteiger partial charge in [-0.1, -0.05) is 18.2 Å². The highest BCUT2D eigenvalue weighted by molar-refractivity contribution is 8.14. The first-order valence-corrected chi connectivity index (χ1v) is 7.45. The molecule has 0 spiro atoms. The first-order chi connectivity index (χ1) is 8.85. The Labute approximate surface area is 112 Å². The number of methoxy groups -OCH3 is 1. The standard InChI is InChI=1S/C14H18N2OS/c1-17-12-7-5-11(6-8-12)15-14-16-13-4-2-3-10(13)9-18-14/h5-8,10,13H,2-4,9H2,1H3,(H,15,16). The second kappa shape index (κ2) is 5.22. The SMILES string of the molecule is COc1ccc(NC2=NC3CCCC3CS2)cc1. The van der Waals surface area contributed by atoms with E-state index in [-0.39, 0.29) is 0 Å². The van der Waals surface area contributed by atoms with Gasteiger partial charge in [0.1, 0.15) is 5.75 Å². The van der Waals surface area contributed by atoms with Crippen molar-refractivity contribution in [2.24, 2.45) is 10.9 Å². The summed E-state index contributed by atoms with van der Waals surface area (Å²) in [6, 6.07) is 8.56. The fraction of sp³-hybridized carbons (Fsp3) is 0.500. The van der Waals surface area contributed by atoms with Gasteiger partial charge >= 0.3 is 0 Å². The number of anilines is 1. The van der Waals surface area contributed by atoms with Crippen LogP contribution < -0.4 is 10.1 Å². The number of fused-ring (bicyclic) bond motifs is 1. The van der Waals surface area contributed by atoms with E-state index in [4.69, 9.17) is 9.73 Å². The predicted octanol–water partition coefficient (Wildman–Crippen LogP) is 3.38. The topological polar surface area (TPSA) is 33.6 Å². The summed E-state index contributed by atoms with van der Waals surface area (Å²) in [6.07, 6.45) is 3.96. The van der Waals surface area contributed by atoms with E-state index in [0.717, 1.165) is 22.5 Å². The molecule has 0 saturated heterocycles. The van der Waals surface area contributed by atoms with Gasteiger partial charge in [-0.25, -0.2) is 0 Å². The molecule has 1 N–H and O–H groups in total. The predicted molar refractivity (Wildman–Crippen MR) is 77.6 cm³/mol. The van der Waals surface area contributed by atoms with E-state index in [1.54, 1.807) is 7.11 Å². The maximum Gasteiger partial charge on any atom is 0.161 e. The molecule has 2 unspecified atom stereocenters.